The first-order valence-corrected chi connectivity index (χ1v) is 21.1. The van der Waals surface area contributed by atoms with E-state index in [0.29, 0.717) is 51.4 Å². The summed E-state index contributed by atoms with van der Waals surface area (Å²) in [5.41, 5.74) is -0.406. The molecule has 12 nitrogen and oxygen atoms in total. The molecule has 0 radical (unpaired) electrons. The molecule has 8 rings (SSSR count). The van der Waals surface area contributed by atoms with Crippen LogP contribution < -0.4 is 0 Å². The number of ether oxygens (including phenoxy) is 4. The third-order valence-corrected chi connectivity index (χ3v) is 11.3. The number of rotatable bonds is 2. The van der Waals surface area contributed by atoms with Crippen molar-refractivity contribution in [2.75, 3.05) is 13.2 Å². The zero-order chi connectivity index (χ0) is 42.1. The van der Waals surface area contributed by atoms with Crippen LogP contribution in [0, 0.1) is 0 Å². The van der Waals surface area contributed by atoms with Gasteiger partial charge >= 0.3 is 23.9 Å². The summed E-state index contributed by atoms with van der Waals surface area (Å²) >= 11 is 0. The van der Waals surface area contributed by atoms with Crippen LogP contribution in [0.1, 0.15) is 156 Å². The van der Waals surface area contributed by atoms with Gasteiger partial charge in [-0.1, -0.05) is 60.7 Å². The average Bonchev–Trinajstić information content (AvgIpc) is 3.13. The Labute approximate surface area is 345 Å². The zero-order valence-corrected chi connectivity index (χ0v) is 36.0. The first kappa shape index (κ1) is 45.2. The van der Waals surface area contributed by atoms with Crippen molar-refractivity contribution >= 4 is 23.9 Å². The lowest BCUT2D eigenvalue weighted by Gasteiger charge is -2.54. The molecule has 6 saturated heterocycles. The summed E-state index contributed by atoms with van der Waals surface area (Å²) in [6, 6.07) is 19.3. The van der Waals surface area contributed by atoms with Crippen molar-refractivity contribution in [1.29, 1.82) is 0 Å². The highest BCUT2D eigenvalue weighted by Crippen LogP contribution is 2.43. The Balaban J connectivity index is 1.30. The summed E-state index contributed by atoms with van der Waals surface area (Å²) < 4.78 is 23.6. The van der Waals surface area contributed by atoms with Gasteiger partial charge in [0.05, 0.1) is 0 Å². The predicted octanol–water partition coefficient (Wildman–Crippen LogP) is 8.68. The summed E-state index contributed by atoms with van der Waals surface area (Å²) in [5, 5.41) is 3.93. The highest BCUT2D eigenvalue weighted by Gasteiger charge is 2.50. The first-order chi connectivity index (χ1) is 27.3. The van der Waals surface area contributed by atoms with Gasteiger partial charge < -0.3 is 18.9 Å². The highest BCUT2D eigenvalue weighted by atomic mass is 16.7. The van der Waals surface area contributed by atoms with Crippen molar-refractivity contribution in [3.63, 3.8) is 0 Å². The van der Waals surface area contributed by atoms with Crippen LogP contribution >= 0.6 is 0 Å². The molecule has 4 bridgehead atoms. The minimum Gasteiger partial charge on any atom is -0.462 e. The van der Waals surface area contributed by atoms with E-state index in [9.17, 15) is 19.2 Å². The van der Waals surface area contributed by atoms with Crippen LogP contribution in [0.2, 0.25) is 0 Å². The molecule has 2 aromatic carbocycles. The molecule has 12 heteroatoms. The second-order valence-corrected chi connectivity index (χ2v) is 18.7. The van der Waals surface area contributed by atoms with Gasteiger partial charge in [0.2, 0.25) is 0 Å². The van der Waals surface area contributed by atoms with Crippen LogP contribution in [0.3, 0.4) is 0 Å². The fourth-order valence-electron chi connectivity index (χ4n) is 9.09. The van der Waals surface area contributed by atoms with E-state index in [1.165, 1.54) is 0 Å². The maximum absolute atomic E-state index is 13.1. The minimum atomic E-state index is -0.570. The van der Waals surface area contributed by atoms with Gasteiger partial charge in [-0.3, -0.25) is 28.9 Å². The molecule has 2 unspecified atom stereocenters. The summed E-state index contributed by atoms with van der Waals surface area (Å²) in [6.45, 7) is 16.5. The molecule has 2 aromatic rings. The maximum Gasteiger partial charge on any atom is 0.306 e. The minimum absolute atomic E-state index is 0.0135. The fraction of sp³-hybridized carbons (Fsp3) is 0.652. The maximum atomic E-state index is 13.1. The van der Waals surface area contributed by atoms with Gasteiger partial charge in [0.1, 0.15) is 37.6 Å². The summed E-state index contributed by atoms with van der Waals surface area (Å²) in [4.78, 5) is 65.7. The van der Waals surface area contributed by atoms with E-state index < -0.39 is 34.4 Å². The molecule has 0 saturated carbocycles. The van der Waals surface area contributed by atoms with Crippen molar-refractivity contribution in [2.24, 2.45) is 0 Å². The molecule has 0 N–H and O–H groups in total. The van der Waals surface area contributed by atoms with E-state index in [4.69, 9.17) is 28.6 Å². The molecule has 58 heavy (non-hydrogen) atoms. The van der Waals surface area contributed by atoms with Gasteiger partial charge in [-0.05, 0) is 92.2 Å². The fourth-order valence-corrected chi connectivity index (χ4v) is 9.09. The van der Waals surface area contributed by atoms with Crippen LogP contribution in [0.5, 0.6) is 0 Å². The van der Waals surface area contributed by atoms with Crippen molar-refractivity contribution in [3.8, 4) is 0 Å². The normalized spacial score (nSPS) is 30.6. The Morgan fingerprint density at radius 2 is 0.741 bits per heavy atom. The lowest BCUT2D eigenvalue weighted by atomic mass is 9.80. The van der Waals surface area contributed by atoms with Gasteiger partial charge in [0.25, 0.3) is 0 Å². The molecule has 0 aliphatic carbocycles. The smallest absolute Gasteiger partial charge is 0.306 e. The van der Waals surface area contributed by atoms with Crippen molar-refractivity contribution in [2.45, 2.75) is 179 Å². The SMILES string of the molecule is CC1(C)CC2CC(C)(C)N1OC(c1ccccc1)COC(=O)CCCCC(=O)OC1CC(C)(C)N(OC(c3ccccc3)COC(=O)CCCCC(=O)O2)C(C)(C)C1. The highest BCUT2D eigenvalue weighted by molar-refractivity contribution is 5.71. The van der Waals surface area contributed by atoms with E-state index in [0.717, 1.165) is 11.1 Å². The Morgan fingerprint density at radius 3 is 1.05 bits per heavy atom. The molecule has 6 heterocycles. The number of carbonyl (C=O) groups excluding carboxylic acids is 4. The van der Waals surface area contributed by atoms with E-state index in [1.807, 2.05) is 70.8 Å². The second kappa shape index (κ2) is 19.5. The van der Waals surface area contributed by atoms with Gasteiger partial charge in [0, 0.05) is 73.5 Å². The van der Waals surface area contributed by atoms with E-state index in [2.05, 4.69) is 55.4 Å². The molecule has 2 atom stereocenters. The Bertz CT molecular complexity index is 1520. The molecular weight excluding hydrogens is 741 g/mol. The van der Waals surface area contributed by atoms with Crippen LogP contribution in [0.25, 0.3) is 0 Å². The molecule has 6 aliphatic rings. The van der Waals surface area contributed by atoms with Crippen molar-refractivity contribution in [1.82, 2.24) is 10.1 Å². The molecule has 6 aliphatic heterocycles. The van der Waals surface area contributed by atoms with Crippen LogP contribution in [0.4, 0.5) is 0 Å². The molecular formula is C46H66N2O10. The molecule has 0 amide bonds. The van der Waals surface area contributed by atoms with E-state index >= 15 is 0 Å². The summed E-state index contributed by atoms with van der Waals surface area (Å²) in [5.74, 6) is -1.31. The first-order valence-electron chi connectivity index (χ1n) is 21.1. The van der Waals surface area contributed by atoms with Gasteiger partial charge in [-0.15, -0.1) is 0 Å². The number of hydrogen-bond donors (Lipinski definition) is 0. The third kappa shape index (κ3) is 12.6. The van der Waals surface area contributed by atoms with Gasteiger partial charge in [0.15, 0.2) is 0 Å². The Kier molecular flexibility index (Phi) is 15.2. The van der Waals surface area contributed by atoms with E-state index in [1.54, 1.807) is 0 Å². The lowest BCUT2D eigenvalue weighted by Crippen LogP contribution is -2.62. The second-order valence-electron chi connectivity index (χ2n) is 18.7. The number of nitrogens with zero attached hydrogens (tertiary/aromatic N) is 2. The van der Waals surface area contributed by atoms with Crippen molar-refractivity contribution in [3.05, 3.63) is 71.8 Å². The Hall–Kier alpha value is -3.84. The lowest BCUT2D eigenvalue weighted by molar-refractivity contribution is -0.321. The Morgan fingerprint density at radius 1 is 0.448 bits per heavy atom. The average molecular weight is 807 g/mol. The summed E-state index contributed by atoms with van der Waals surface area (Å²) in [7, 11) is 0. The quantitative estimate of drug-likeness (QED) is 0.213. The third-order valence-electron chi connectivity index (χ3n) is 11.3. The number of benzene rings is 2. The molecule has 0 aromatic heterocycles. The number of carbonyl (C=O) groups is 4. The molecule has 6 fully saturated rings. The largest absolute Gasteiger partial charge is 0.462 e. The van der Waals surface area contributed by atoms with Gasteiger partial charge in [-0.25, -0.2) is 0 Å². The number of hydrogen-bond acceptors (Lipinski definition) is 12. The van der Waals surface area contributed by atoms with Crippen LogP contribution in [-0.4, -0.2) is 81.6 Å². The van der Waals surface area contributed by atoms with Crippen LogP contribution in [0.15, 0.2) is 60.7 Å². The topological polar surface area (TPSA) is 130 Å². The number of piperidine rings is 2. The van der Waals surface area contributed by atoms with Crippen LogP contribution in [-0.2, 0) is 47.8 Å². The van der Waals surface area contributed by atoms with Gasteiger partial charge in [-0.2, -0.15) is 10.1 Å². The predicted molar refractivity (Wildman–Crippen MR) is 218 cm³/mol. The molecule has 0 spiro atoms. The molecule has 320 valence electrons. The number of esters is 4. The monoisotopic (exact) mass is 806 g/mol. The zero-order valence-electron chi connectivity index (χ0n) is 36.0. The van der Waals surface area contributed by atoms with Crippen molar-refractivity contribution < 1.29 is 47.8 Å². The standard InChI is InChI=1S/C46H66N2O10/c1-43(2)27-35-28-44(3,4)47(43)57-37(33-19-11-9-12-20-33)31-53-39(49)23-16-18-26-42(52)56-36-29-45(5,6)48(46(7,8)30-36)58-38(34-21-13-10-14-22-34)32-54-40(50)24-15-17-25-41(51)55-35/h9-14,19-22,35-38H,15-18,23-32H2,1-8H3. The summed E-state index contributed by atoms with van der Waals surface area (Å²) in [6.07, 6.45) is 2.99. The van der Waals surface area contributed by atoms with E-state index in [-0.39, 0.29) is 75.0 Å². The number of hydroxylamine groups is 4.